The highest BCUT2D eigenvalue weighted by molar-refractivity contribution is 7.99. The molecule has 2 aromatic rings. The molecule has 0 saturated carbocycles. The topological polar surface area (TPSA) is 74.8 Å². The van der Waals surface area contributed by atoms with Gasteiger partial charge in [-0.15, -0.1) is 0 Å². The number of fused-ring (bicyclic) bond motifs is 1. The van der Waals surface area contributed by atoms with Crippen molar-refractivity contribution in [2.24, 2.45) is 5.92 Å². The molecule has 0 aliphatic carbocycles. The number of amides is 1. The minimum atomic E-state index is -0.122. The van der Waals surface area contributed by atoms with Gasteiger partial charge in [0.25, 0.3) is 5.56 Å². The van der Waals surface area contributed by atoms with E-state index in [1.165, 1.54) is 31.0 Å². The highest BCUT2D eigenvalue weighted by atomic mass is 32.2. The predicted octanol–water partition coefficient (Wildman–Crippen LogP) is 4.13. The Balaban J connectivity index is 1.85. The number of nitrogens with one attached hydrogen (secondary N) is 2. The molecule has 0 saturated heterocycles. The predicted molar refractivity (Wildman–Crippen MR) is 109 cm³/mol. The van der Waals surface area contributed by atoms with Crippen LogP contribution in [0.5, 0.6) is 0 Å². The summed E-state index contributed by atoms with van der Waals surface area (Å²) in [5, 5.41) is 4.41. The number of hydrogen-bond donors (Lipinski definition) is 2. The smallest absolute Gasteiger partial charge is 0.259 e. The number of unbranched alkanes of at least 4 members (excludes halogenated alkanes) is 3. The highest BCUT2D eigenvalue weighted by Gasteiger charge is 2.17. The zero-order valence-corrected chi connectivity index (χ0v) is 16.7. The minimum absolute atomic E-state index is 0.0594. The van der Waals surface area contributed by atoms with E-state index in [4.69, 9.17) is 0 Å². The van der Waals surface area contributed by atoms with Crippen LogP contribution in [0, 0.1) is 5.92 Å². The lowest BCUT2D eigenvalue weighted by molar-refractivity contribution is -0.124. The SMILES string of the molecule is CCCCCCNC(=O)C(C)CC(C)Sc1nc2ccccc2c(=O)[nH]1. The quantitative estimate of drug-likeness (QED) is 0.372. The standard InChI is InChI=1S/C20H29N3O2S/c1-4-5-6-9-12-21-18(24)14(2)13-15(3)26-20-22-17-11-8-7-10-16(17)19(25)23-20/h7-8,10-11,14-15H,4-6,9,12-13H2,1-3H3,(H,21,24)(H,22,23,25). The maximum absolute atomic E-state index is 12.2. The van der Waals surface area contributed by atoms with Crippen molar-refractivity contribution in [3.8, 4) is 0 Å². The van der Waals surface area contributed by atoms with Crippen LogP contribution in [0.3, 0.4) is 0 Å². The Bertz CT molecular complexity index is 775. The molecular formula is C20H29N3O2S. The van der Waals surface area contributed by atoms with E-state index in [1.807, 2.05) is 25.1 Å². The summed E-state index contributed by atoms with van der Waals surface area (Å²) >= 11 is 1.51. The van der Waals surface area contributed by atoms with Gasteiger partial charge in [-0.3, -0.25) is 9.59 Å². The van der Waals surface area contributed by atoms with E-state index in [-0.39, 0.29) is 22.6 Å². The van der Waals surface area contributed by atoms with Gasteiger partial charge in [0.05, 0.1) is 10.9 Å². The van der Waals surface area contributed by atoms with E-state index in [1.54, 1.807) is 6.07 Å². The van der Waals surface area contributed by atoms with Crippen LogP contribution in [0.4, 0.5) is 0 Å². The van der Waals surface area contributed by atoms with Crippen LogP contribution >= 0.6 is 11.8 Å². The van der Waals surface area contributed by atoms with Gasteiger partial charge in [0.15, 0.2) is 5.16 Å². The molecule has 0 bridgehead atoms. The number of H-pyrrole nitrogens is 1. The van der Waals surface area contributed by atoms with E-state index in [2.05, 4.69) is 29.1 Å². The molecule has 0 radical (unpaired) electrons. The second-order valence-electron chi connectivity index (χ2n) is 6.81. The van der Waals surface area contributed by atoms with Gasteiger partial charge in [-0.1, -0.05) is 63.9 Å². The average Bonchev–Trinajstić information content (AvgIpc) is 2.61. The summed E-state index contributed by atoms with van der Waals surface area (Å²) < 4.78 is 0. The Labute approximate surface area is 159 Å². The van der Waals surface area contributed by atoms with Crippen LogP contribution in [0.1, 0.15) is 52.9 Å². The van der Waals surface area contributed by atoms with Crippen molar-refractivity contribution in [1.82, 2.24) is 15.3 Å². The molecule has 0 spiro atoms. The lowest BCUT2D eigenvalue weighted by Crippen LogP contribution is -2.31. The zero-order valence-electron chi connectivity index (χ0n) is 15.9. The van der Waals surface area contributed by atoms with Crippen LogP contribution in [-0.4, -0.2) is 27.7 Å². The van der Waals surface area contributed by atoms with Crippen molar-refractivity contribution in [3.63, 3.8) is 0 Å². The number of aromatic nitrogens is 2. The third-order valence-electron chi connectivity index (χ3n) is 4.37. The fourth-order valence-electron chi connectivity index (χ4n) is 2.90. The molecule has 0 aliphatic rings. The summed E-state index contributed by atoms with van der Waals surface area (Å²) in [6, 6.07) is 7.32. The van der Waals surface area contributed by atoms with Gasteiger partial charge in [0, 0.05) is 17.7 Å². The van der Waals surface area contributed by atoms with Crippen LogP contribution in [0.25, 0.3) is 10.9 Å². The number of para-hydroxylation sites is 1. The Hall–Kier alpha value is -1.82. The molecule has 6 heteroatoms. The maximum Gasteiger partial charge on any atom is 0.259 e. The Morgan fingerprint density at radius 3 is 2.77 bits per heavy atom. The molecule has 2 rings (SSSR count). The molecule has 1 aromatic carbocycles. The van der Waals surface area contributed by atoms with Gasteiger partial charge < -0.3 is 10.3 Å². The van der Waals surface area contributed by atoms with Gasteiger partial charge >= 0.3 is 0 Å². The summed E-state index contributed by atoms with van der Waals surface area (Å²) in [6.07, 6.45) is 5.36. The van der Waals surface area contributed by atoms with Crippen molar-refractivity contribution in [2.75, 3.05) is 6.54 Å². The van der Waals surface area contributed by atoms with Gasteiger partial charge in [-0.2, -0.15) is 0 Å². The first-order chi connectivity index (χ1) is 12.5. The zero-order chi connectivity index (χ0) is 18.9. The molecular weight excluding hydrogens is 346 g/mol. The molecule has 2 N–H and O–H groups in total. The number of nitrogens with zero attached hydrogens (tertiary/aromatic N) is 1. The fourth-order valence-corrected chi connectivity index (χ4v) is 3.97. The third kappa shape index (κ3) is 6.16. The number of hydrogen-bond acceptors (Lipinski definition) is 4. The number of carbonyl (C=O) groups is 1. The second kappa shape index (κ2) is 10.4. The lowest BCUT2D eigenvalue weighted by Gasteiger charge is -2.16. The van der Waals surface area contributed by atoms with Crippen LogP contribution < -0.4 is 10.9 Å². The first-order valence-electron chi connectivity index (χ1n) is 9.44. The van der Waals surface area contributed by atoms with E-state index < -0.39 is 0 Å². The molecule has 5 nitrogen and oxygen atoms in total. The minimum Gasteiger partial charge on any atom is -0.356 e. The number of carbonyl (C=O) groups excluding carboxylic acids is 1. The number of aromatic amines is 1. The lowest BCUT2D eigenvalue weighted by atomic mass is 10.1. The van der Waals surface area contributed by atoms with Crippen molar-refractivity contribution >= 4 is 28.6 Å². The van der Waals surface area contributed by atoms with Crippen molar-refractivity contribution in [3.05, 3.63) is 34.6 Å². The van der Waals surface area contributed by atoms with Crippen LogP contribution in [0.15, 0.2) is 34.2 Å². The largest absolute Gasteiger partial charge is 0.356 e. The molecule has 1 aromatic heterocycles. The van der Waals surface area contributed by atoms with Crippen LogP contribution in [0.2, 0.25) is 0 Å². The van der Waals surface area contributed by atoms with Gasteiger partial charge in [-0.05, 0) is 25.0 Å². The second-order valence-corrected chi connectivity index (χ2v) is 8.23. The monoisotopic (exact) mass is 375 g/mol. The number of rotatable bonds is 10. The highest BCUT2D eigenvalue weighted by Crippen LogP contribution is 2.25. The van der Waals surface area contributed by atoms with Crippen molar-refractivity contribution < 1.29 is 4.79 Å². The van der Waals surface area contributed by atoms with E-state index in [0.717, 1.165) is 19.4 Å². The summed E-state index contributed by atoms with van der Waals surface area (Å²) in [7, 11) is 0. The molecule has 1 amide bonds. The Morgan fingerprint density at radius 1 is 1.23 bits per heavy atom. The molecule has 0 fully saturated rings. The van der Waals surface area contributed by atoms with Gasteiger partial charge in [-0.25, -0.2) is 4.98 Å². The summed E-state index contributed by atoms with van der Waals surface area (Å²) in [5.41, 5.74) is 0.576. The molecule has 2 unspecified atom stereocenters. The van der Waals surface area contributed by atoms with Gasteiger partial charge in [0.2, 0.25) is 5.91 Å². The summed E-state index contributed by atoms with van der Waals surface area (Å²) in [4.78, 5) is 31.7. The third-order valence-corrected chi connectivity index (χ3v) is 5.38. The molecule has 26 heavy (non-hydrogen) atoms. The number of benzene rings is 1. The normalized spacial score (nSPS) is 13.5. The summed E-state index contributed by atoms with van der Waals surface area (Å²) in [6.45, 7) is 6.95. The molecule has 142 valence electrons. The van der Waals surface area contributed by atoms with Crippen molar-refractivity contribution in [1.29, 1.82) is 0 Å². The first kappa shape index (κ1) is 20.5. The van der Waals surface area contributed by atoms with Crippen LogP contribution in [-0.2, 0) is 4.79 Å². The van der Waals surface area contributed by atoms with E-state index in [9.17, 15) is 9.59 Å². The fraction of sp³-hybridized carbons (Fsp3) is 0.550. The Morgan fingerprint density at radius 2 is 2.00 bits per heavy atom. The maximum atomic E-state index is 12.2. The summed E-state index contributed by atoms with van der Waals surface area (Å²) in [5.74, 6) is 0.0461. The molecule has 0 aliphatic heterocycles. The average molecular weight is 376 g/mol. The van der Waals surface area contributed by atoms with E-state index >= 15 is 0 Å². The molecule has 2 atom stereocenters. The van der Waals surface area contributed by atoms with Gasteiger partial charge in [0.1, 0.15) is 0 Å². The van der Waals surface area contributed by atoms with Crippen molar-refractivity contribution in [2.45, 2.75) is 63.3 Å². The van der Waals surface area contributed by atoms with E-state index in [0.29, 0.717) is 16.1 Å². The Kier molecular flexibility index (Phi) is 8.16. The molecule has 1 heterocycles. The number of thioether (sulfide) groups is 1. The first-order valence-corrected chi connectivity index (χ1v) is 10.3.